The molecule has 0 radical (unpaired) electrons. The van der Waals surface area contributed by atoms with E-state index in [4.69, 9.17) is 9.47 Å². The number of alkyl halides is 2. The van der Waals surface area contributed by atoms with Crippen molar-refractivity contribution in [3.8, 4) is 17.2 Å². The minimum atomic E-state index is -3.00. The van der Waals surface area contributed by atoms with Gasteiger partial charge in [-0.05, 0) is 18.2 Å². The highest BCUT2D eigenvalue weighted by atomic mass is 19.3. The molecule has 0 aliphatic rings. The molecule has 26 heavy (non-hydrogen) atoms. The molecule has 0 bridgehead atoms. The van der Waals surface area contributed by atoms with E-state index < -0.39 is 6.61 Å². The summed E-state index contributed by atoms with van der Waals surface area (Å²) in [5, 5.41) is 2.71. The zero-order chi connectivity index (χ0) is 18.9. The third kappa shape index (κ3) is 5.20. The molecule has 5 nitrogen and oxygen atoms in total. The minimum Gasteiger partial charge on any atom is -0.496 e. The van der Waals surface area contributed by atoms with Crippen LogP contribution in [0.5, 0.6) is 17.2 Å². The highest BCUT2D eigenvalue weighted by Crippen LogP contribution is 2.33. The number of ether oxygens (including phenoxy) is 3. The lowest BCUT2D eigenvalue weighted by Crippen LogP contribution is -2.20. The van der Waals surface area contributed by atoms with Gasteiger partial charge in [-0.3, -0.25) is 4.79 Å². The number of halogens is 2. The largest absolute Gasteiger partial charge is 0.496 e. The Bertz CT molecular complexity index is 778. The Labute approximate surface area is 150 Å². The molecule has 0 aliphatic carbocycles. The summed E-state index contributed by atoms with van der Waals surface area (Å²) in [7, 11) is 2.90. The second kappa shape index (κ2) is 9.41. The third-order valence-electron chi connectivity index (χ3n) is 3.50. The van der Waals surface area contributed by atoms with E-state index in [1.165, 1.54) is 25.3 Å². The normalized spacial score (nSPS) is 10.8. The van der Waals surface area contributed by atoms with E-state index in [1.807, 2.05) is 18.2 Å². The lowest BCUT2D eigenvalue weighted by molar-refractivity contribution is -0.116. The number of amides is 1. The first-order valence-corrected chi connectivity index (χ1v) is 7.74. The van der Waals surface area contributed by atoms with Gasteiger partial charge in [0.25, 0.3) is 0 Å². The number of hydrogen-bond acceptors (Lipinski definition) is 4. The molecule has 0 heterocycles. The Morgan fingerprint density at radius 3 is 2.46 bits per heavy atom. The second-order valence-corrected chi connectivity index (χ2v) is 5.12. The molecule has 0 spiro atoms. The van der Waals surface area contributed by atoms with Crippen molar-refractivity contribution in [1.29, 1.82) is 0 Å². The summed E-state index contributed by atoms with van der Waals surface area (Å²) in [6.45, 7) is -2.73. The summed E-state index contributed by atoms with van der Waals surface area (Å²) in [6.07, 6.45) is 2.63. The number of benzene rings is 2. The predicted molar refractivity (Wildman–Crippen MR) is 93.5 cm³/mol. The van der Waals surface area contributed by atoms with Gasteiger partial charge < -0.3 is 19.5 Å². The molecule has 1 amide bonds. The summed E-state index contributed by atoms with van der Waals surface area (Å²) in [6, 6.07) is 12.0. The number of hydrogen-bond donors (Lipinski definition) is 1. The van der Waals surface area contributed by atoms with Crippen LogP contribution in [0.3, 0.4) is 0 Å². The number of rotatable bonds is 8. The molecule has 2 aromatic carbocycles. The van der Waals surface area contributed by atoms with Crippen molar-refractivity contribution in [2.45, 2.75) is 13.2 Å². The summed E-state index contributed by atoms with van der Waals surface area (Å²) in [5.74, 6) is 0.305. The number of carbonyl (C=O) groups excluding carboxylic acids is 1. The topological polar surface area (TPSA) is 56.8 Å². The van der Waals surface area contributed by atoms with Gasteiger partial charge in [0.1, 0.15) is 5.75 Å². The van der Waals surface area contributed by atoms with E-state index in [-0.39, 0.29) is 24.0 Å². The van der Waals surface area contributed by atoms with E-state index in [1.54, 1.807) is 25.3 Å². The first-order valence-electron chi connectivity index (χ1n) is 7.74. The van der Waals surface area contributed by atoms with E-state index in [0.717, 1.165) is 5.56 Å². The molecule has 0 aromatic heterocycles. The van der Waals surface area contributed by atoms with Gasteiger partial charge in [-0.2, -0.15) is 8.78 Å². The second-order valence-electron chi connectivity index (χ2n) is 5.12. The van der Waals surface area contributed by atoms with Crippen molar-refractivity contribution in [3.05, 3.63) is 59.7 Å². The van der Waals surface area contributed by atoms with Gasteiger partial charge in [0.15, 0.2) is 11.5 Å². The van der Waals surface area contributed by atoms with Crippen LogP contribution in [-0.4, -0.2) is 26.7 Å². The van der Waals surface area contributed by atoms with Gasteiger partial charge in [0.2, 0.25) is 5.91 Å². The third-order valence-corrected chi connectivity index (χ3v) is 3.50. The summed E-state index contributed by atoms with van der Waals surface area (Å²) in [4.78, 5) is 12.0. The average Bonchev–Trinajstić information content (AvgIpc) is 2.65. The Hall–Kier alpha value is -3.09. The Morgan fingerprint density at radius 1 is 1.08 bits per heavy atom. The fourth-order valence-corrected chi connectivity index (χ4v) is 2.30. The van der Waals surface area contributed by atoms with Crippen LogP contribution in [0.15, 0.2) is 48.5 Å². The minimum absolute atomic E-state index is 0.126. The van der Waals surface area contributed by atoms with E-state index in [2.05, 4.69) is 10.1 Å². The fourth-order valence-electron chi connectivity index (χ4n) is 2.30. The lowest BCUT2D eigenvalue weighted by Gasteiger charge is -2.12. The first kappa shape index (κ1) is 19.2. The van der Waals surface area contributed by atoms with Crippen LogP contribution in [0.25, 0.3) is 6.08 Å². The molecule has 0 saturated heterocycles. The first-order chi connectivity index (χ1) is 12.5. The monoisotopic (exact) mass is 363 g/mol. The van der Waals surface area contributed by atoms with Crippen molar-refractivity contribution < 1.29 is 27.8 Å². The highest BCUT2D eigenvalue weighted by molar-refractivity contribution is 5.92. The number of nitrogens with one attached hydrogen (secondary N) is 1. The molecule has 0 fully saturated rings. The standard InChI is InChI=1S/C19H19F2NO4/c1-24-15-8-4-3-6-14(15)12-22-17(23)11-10-13-7-5-9-16(25-2)18(13)26-19(20)21/h3-11,19H,12H2,1-2H3,(H,22,23). The van der Waals surface area contributed by atoms with Crippen molar-refractivity contribution in [1.82, 2.24) is 5.32 Å². The van der Waals surface area contributed by atoms with Gasteiger partial charge >= 0.3 is 6.61 Å². The van der Waals surface area contributed by atoms with Crippen LogP contribution in [0, 0.1) is 0 Å². The van der Waals surface area contributed by atoms with Gasteiger partial charge in [-0.25, -0.2) is 0 Å². The number of carbonyl (C=O) groups is 1. The van der Waals surface area contributed by atoms with E-state index >= 15 is 0 Å². The highest BCUT2D eigenvalue weighted by Gasteiger charge is 2.14. The van der Waals surface area contributed by atoms with Crippen molar-refractivity contribution >= 4 is 12.0 Å². The maximum atomic E-state index is 12.6. The quantitative estimate of drug-likeness (QED) is 0.728. The van der Waals surface area contributed by atoms with E-state index in [9.17, 15) is 13.6 Å². The Kier molecular flexibility index (Phi) is 6.96. The van der Waals surface area contributed by atoms with Crippen molar-refractivity contribution in [3.63, 3.8) is 0 Å². The van der Waals surface area contributed by atoms with E-state index in [0.29, 0.717) is 11.3 Å². The lowest BCUT2D eigenvalue weighted by atomic mass is 10.1. The molecule has 7 heteroatoms. The predicted octanol–water partition coefficient (Wildman–Crippen LogP) is 3.63. The van der Waals surface area contributed by atoms with Gasteiger partial charge in [-0.15, -0.1) is 0 Å². The zero-order valence-corrected chi connectivity index (χ0v) is 14.4. The van der Waals surface area contributed by atoms with Crippen LogP contribution >= 0.6 is 0 Å². The van der Waals surface area contributed by atoms with Crippen molar-refractivity contribution in [2.75, 3.05) is 14.2 Å². The van der Waals surface area contributed by atoms with Gasteiger partial charge in [-0.1, -0.05) is 30.3 Å². The molecule has 0 atom stereocenters. The Balaban J connectivity index is 2.08. The maximum absolute atomic E-state index is 12.6. The van der Waals surface area contributed by atoms with Crippen LogP contribution in [0.2, 0.25) is 0 Å². The van der Waals surface area contributed by atoms with Crippen molar-refractivity contribution in [2.24, 2.45) is 0 Å². The number of para-hydroxylation sites is 2. The van der Waals surface area contributed by atoms with Crippen LogP contribution in [0.1, 0.15) is 11.1 Å². The summed E-state index contributed by atoms with van der Waals surface area (Å²) >= 11 is 0. The molecule has 1 N–H and O–H groups in total. The SMILES string of the molecule is COc1ccccc1CNC(=O)C=Cc1cccc(OC)c1OC(F)F. The number of methoxy groups -OCH3 is 2. The molecule has 2 aromatic rings. The maximum Gasteiger partial charge on any atom is 0.387 e. The fraction of sp³-hybridized carbons (Fsp3) is 0.211. The molecule has 0 unspecified atom stereocenters. The molecule has 2 rings (SSSR count). The summed E-state index contributed by atoms with van der Waals surface area (Å²) < 4.78 is 39.9. The molecule has 138 valence electrons. The zero-order valence-electron chi connectivity index (χ0n) is 14.4. The Morgan fingerprint density at radius 2 is 1.77 bits per heavy atom. The molecule has 0 aliphatic heterocycles. The molecule has 0 saturated carbocycles. The van der Waals surface area contributed by atoms with Crippen LogP contribution < -0.4 is 19.5 Å². The molecular formula is C19H19F2NO4. The van der Waals surface area contributed by atoms with Gasteiger partial charge in [0.05, 0.1) is 14.2 Å². The molecular weight excluding hydrogens is 344 g/mol. The smallest absolute Gasteiger partial charge is 0.387 e. The van der Waals surface area contributed by atoms with Crippen LogP contribution in [-0.2, 0) is 11.3 Å². The van der Waals surface area contributed by atoms with Gasteiger partial charge in [0, 0.05) is 23.7 Å². The average molecular weight is 363 g/mol. The summed E-state index contributed by atoms with van der Waals surface area (Å²) in [5.41, 5.74) is 1.12. The van der Waals surface area contributed by atoms with Crippen LogP contribution in [0.4, 0.5) is 8.78 Å².